The predicted molar refractivity (Wildman–Crippen MR) is 102 cm³/mol. The van der Waals surface area contributed by atoms with Gasteiger partial charge in [-0.25, -0.2) is 9.97 Å². The molecule has 0 saturated heterocycles. The molecule has 8 heteroatoms. The molecule has 126 valence electrons. The monoisotopic (exact) mass is 425 g/mol. The lowest BCUT2D eigenvalue weighted by Gasteiger charge is -2.12. The summed E-state index contributed by atoms with van der Waals surface area (Å²) in [7, 11) is 1.63. The fourth-order valence-electron chi connectivity index (χ4n) is 2.28. The number of aryl methyl sites for hydroxylation is 1. The lowest BCUT2D eigenvalue weighted by molar-refractivity contribution is 0.183. The van der Waals surface area contributed by atoms with Crippen LogP contribution < -0.4 is 5.56 Å². The molecular weight excluding hydrogens is 410 g/mol. The van der Waals surface area contributed by atoms with Gasteiger partial charge in [-0.2, -0.15) is 0 Å². The number of aromatic nitrogens is 3. The molecule has 2 heterocycles. The summed E-state index contributed by atoms with van der Waals surface area (Å²) in [5, 5.41) is 4.38. The first-order chi connectivity index (χ1) is 11.6. The van der Waals surface area contributed by atoms with Gasteiger partial charge in [-0.3, -0.25) is 9.36 Å². The number of fused-ring (bicyclic) bond motifs is 1. The number of nitrogens with zero attached hydrogens (tertiary/aromatic N) is 3. The molecule has 3 rings (SSSR count). The second kappa shape index (κ2) is 7.77. The fraction of sp³-hybridized carbons (Fsp3) is 0.312. The quantitative estimate of drug-likeness (QED) is 0.443. The number of hydrogen-bond acceptors (Lipinski definition) is 6. The number of hydrogen-bond donors (Lipinski definition) is 0. The molecule has 0 saturated carbocycles. The SMILES string of the molecule is COCCn1c(SCc2csc(C)n2)nc2ccc(Br)cc2c1=O. The molecule has 1 aromatic carbocycles. The molecule has 0 aliphatic heterocycles. The van der Waals surface area contributed by atoms with E-state index in [2.05, 4.69) is 25.9 Å². The molecule has 2 aromatic heterocycles. The van der Waals surface area contributed by atoms with Crippen molar-refractivity contribution in [3.63, 3.8) is 0 Å². The highest BCUT2D eigenvalue weighted by atomic mass is 79.9. The van der Waals surface area contributed by atoms with Crippen LogP contribution in [0, 0.1) is 6.92 Å². The van der Waals surface area contributed by atoms with Crippen LogP contribution in [0.4, 0.5) is 0 Å². The first kappa shape index (κ1) is 17.6. The Labute approximate surface area is 156 Å². The van der Waals surface area contributed by atoms with Gasteiger partial charge in [0.1, 0.15) is 0 Å². The highest BCUT2D eigenvalue weighted by Crippen LogP contribution is 2.24. The highest BCUT2D eigenvalue weighted by molar-refractivity contribution is 9.10. The van der Waals surface area contributed by atoms with Crippen molar-refractivity contribution in [3.05, 3.63) is 49.1 Å². The lowest BCUT2D eigenvalue weighted by Crippen LogP contribution is -2.25. The molecular formula is C16H16BrN3O2S2. The zero-order valence-electron chi connectivity index (χ0n) is 13.3. The van der Waals surface area contributed by atoms with Crippen LogP contribution in [-0.2, 0) is 17.0 Å². The number of ether oxygens (including phenoxy) is 1. The van der Waals surface area contributed by atoms with Crippen molar-refractivity contribution in [3.8, 4) is 0 Å². The normalized spacial score (nSPS) is 11.3. The van der Waals surface area contributed by atoms with Gasteiger partial charge in [0.2, 0.25) is 0 Å². The Kier molecular flexibility index (Phi) is 5.70. The maximum absolute atomic E-state index is 12.8. The minimum absolute atomic E-state index is 0.0460. The molecule has 0 aliphatic carbocycles. The third kappa shape index (κ3) is 3.88. The Hall–Kier alpha value is -1.22. The average Bonchev–Trinajstić information content (AvgIpc) is 2.98. The first-order valence-electron chi connectivity index (χ1n) is 7.31. The van der Waals surface area contributed by atoms with Crippen LogP contribution in [0.1, 0.15) is 10.7 Å². The number of thioether (sulfide) groups is 1. The van der Waals surface area contributed by atoms with Crippen molar-refractivity contribution >= 4 is 49.9 Å². The van der Waals surface area contributed by atoms with Gasteiger partial charge >= 0.3 is 0 Å². The molecule has 0 fully saturated rings. The smallest absolute Gasteiger partial charge is 0.262 e. The minimum atomic E-state index is -0.0460. The van der Waals surface area contributed by atoms with Gasteiger partial charge in [0.15, 0.2) is 5.16 Å². The van der Waals surface area contributed by atoms with Crippen LogP contribution >= 0.6 is 39.0 Å². The number of halogens is 1. The summed E-state index contributed by atoms with van der Waals surface area (Å²) in [4.78, 5) is 22.0. The predicted octanol–water partition coefficient (Wildman–Crippen LogP) is 3.86. The summed E-state index contributed by atoms with van der Waals surface area (Å²) in [6.07, 6.45) is 0. The summed E-state index contributed by atoms with van der Waals surface area (Å²) in [5.74, 6) is 0.686. The van der Waals surface area contributed by atoms with E-state index in [-0.39, 0.29) is 5.56 Å². The largest absolute Gasteiger partial charge is 0.383 e. The van der Waals surface area contributed by atoms with Gasteiger partial charge in [0.05, 0.1) is 34.8 Å². The van der Waals surface area contributed by atoms with E-state index >= 15 is 0 Å². The topological polar surface area (TPSA) is 57.0 Å². The number of benzene rings is 1. The van der Waals surface area contributed by atoms with E-state index in [9.17, 15) is 4.79 Å². The minimum Gasteiger partial charge on any atom is -0.383 e. The second-order valence-electron chi connectivity index (χ2n) is 5.15. The average molecular weight is 426 g/mol. The molecule has 0 N–H and O–H groups in total. The molecule has 0 unspecified atom stereocenters. The molecule has 5 nitrogen and oxygen atoms in total. The van der Waals surface area contributed by atoms with Gasteiger partial charge in [-0.05, 0) is 25.1 Å². The Morgan fingerprint density at radius 1 is 1.38 bits per heavy atom. The Morgan fingerprint density at radius 2 is 2.21 bits per heavy atom. The fourth-order valence-corrected chi connectivity index (χ4v) is 4.27. The number of methoxy groups -OCH3 is 1. The van der Waals surface area contributed by atoms with Crippen molar-refractivity contribution in [2.24, 2.45) is 0 Å². The van der Waals surface area contributed by atoms with Crippen LogP contribution in [0.3, 0.4) is 0 Å². The van der Waals surface area contributed by atoms with Crippen molar-refractivity contribution in [1.82, 2.24) is 14.5 Å². The molecule has 3 aromatic rings. The maximum atomic E-state index is 12.8. The summed E-state index contributed by atoms with van der Waals surface area (Å²) < 4.78 is 7.69. The van der Waals surface area contributed by atoms with E-state index in [1.165, 1.54) is 11.8 Å². The molecule has 24 heavy (non-hydrogen) atoms. The van der Waals surface area contributed by atoms with Crippen LogP contribution in [0.25, 0.3) is 10.9 Å². The van der Waals surface area contributed by atoms with Gasteiger partial charge in [-0.15, -0.1) is 11.3 Å². The van der Waals surface area contributed by atoms with Crippen molar-refractivity contribution in [1.29, 1.82) is 0 Å². The number of thiazole rings is 1. The van der Waals surface area contributed by atoms with Crippen LogP contribution in [0.2, 0.25) is 0 Å². The zero-order chi connectivity index (χ0) is 17.1. The van der Waals surface area contributed by atoms with Crippen molar-refractivity contribution in [2.75, 3.05) is 13.7 Å². The molecule has 0 amide bonds. The highest BCUT2D eigenvalue weighted by Gasteiger charge is 2.13. The van der Waals surface area contributed by atoms with Crippen LogP contribution in [-0.4, -0.2) is 28.3 Å². The second-order valence-corrected chi connectivity index (χ2v) is 8.07. The van der Waals surface area contributed by atoms with E-state index in [4.69, 9.17) is 4.74 Å². The standard InChI is InChI=1S/C16H16BrN3O2S2/c1-10-18-12(8-23-10)9-24-16-19-14-4-3-11(17)7-13(14)15(21)20(16)5-6-22-2/h3-4,7-8H,5-6,9H2,1-2H3. The van der Waals surface area contributed by atoms with Gasteiger partial charge in [0, 0.05) is 22.7 Å². The summed E-state index contributed by atoms with van der Waals surface area (Å²) in [6, 6.07) is 5.57. The summed E-state index contributed by atoms with van der Waals surface area (Å²) in [5.41, 5.74) is 1.66. The molecule has 0 atom stereocenters. The molecule has 0 aliphatic rings. The van der Waals surface area contributed by atoms with E-state index in [0.717, 1.165) is 15.2 Å². The van der Waals surface area contributed by atoms with E-state index in [0.29, 0.717) is 35.0 Å². The molecule has 0 spiro atoms. The zero-order valence-corrected chi connectivity index (χ0v) is 16.5. The van der Waals surface area contributed by atoms with Crippen LogP contribution in [0.15, 0.2) is 38.0 Å². The Morgan fingerprint density at radius 3 is 2.92 bits per heavy atom. The van der Waals surface area contributed by atoms with E-state index < -0.39 is 0 Å². The molecule has 0 bridgehead atoms. The van der Waals surface area contributed by atoms with Crippen molar-refractivity contribution in [2.45, 2.75) is 24.4 Å². The summed E-state index contributed by atoms with van der Waals surface area (Å²) >= 11 is 6.57. The van der Waals surface area contributed by atoms with Gasteiger partial charge in [0.25, 0.3) is 5.56 Å². The third-order valence-corrected chi connectivity index (χ3v) is 5.74. The van der Waals surface area contributed by atoms with E-state index in [1.54, 1.807) is 23.0 Å². The molecule has 0 radical (unpaired) electrons. The number of rotatable bonds is 6. The van der Waals surface area contributed by atoms with Gasteiger partial charge < -0.3 is 4.74 Å². The lowest BCUT2D eigenvalue weighted by atomic mass is 10.2. The first-order valence-corrected chi connectivity index (χ1v) is 9.97. The Balaban J connectivity index is 2.00. The van der Waals surface area contributed by atoms with Crippen LogP contribution in [0.5, 0.6) is 0 Å². The summed E-state index contributed by atoms with van der Waals surface area (Å²) in [6.45, 7) is 2.92. The van der Waals surface area contributed by atoms with Gasteiger partial charge in [-0.1, -0.05) is 27.7 Å². The maximum Gasteiger partial charge on any atom is 0.262 e. The van der Waals surface area contributed by atoms with Crippen molar-refractivity contribution < 1.29 is 4.74 Å². The third-order valence-electron chi connectivity index (χ3n) is 3.42. The van der Waals surface area contributed by atoms with E-state index in [1.807, 2.05) is 30.5 Å². The Bertz CT molecular complexity index is 923.